The molecule has 2 unspecified atom stereocenters. The Morgan fingerprint density at radius 2 is 2.08 bits per heavy atom. The Morgan fingerprint density at radius 1 is 1.50 bits per heavy atom. The molecule has 2 atom stereocenters. The molecule has 1 aromatic carbocycles. The molecular formula is C10H12ClN. The van der Waals surface area contributed by atoms with Gasteiger partial charge in [-0.05, 0) is 25.0 Å². The number of nitrogens with two attached hydrogens (primary N) is 1. The Hall–Kier alpha value is -0.530. The van der Waals surface area contributed by atoms with Gasteiger partial charge >= 0.3 is 0 Å². The lowest BCUT2D eigenvalue weighted by Crippen LogP contribution is -2.18. The molecule has 64 valence electrons. The normalized spacial score (nSPS) is 33.4. The Balaban J connectivity index is 2.31. The van der Waals surface area contributed by atoms with Crippen molar-refractivity contribution >= 4 is 11.6 Å². The Labute approximate surface area is 77.5 Å². The van der Waals surface area contributed by atoms with Gasteiger partial charge in [0.1, 0.15) is 0 Å². The first-order valence-electron chi connectivity index (χ1n) is 4.14. The van der Waals surface area contributed by atoms with Crippen molar-refractivity contribution in [3.63, 3.8) is 0 Å². The summed E-state index contributed by atoms with van der Waals surface area (Å²) in [4.78, 5) is 0. The van der Waals surface area contributed by atoms with E-state index in [0.29, 0.717) is 5.92 Å². The summed E-state index contributed by atoms with van der Waals surface area (Å²) in [6, 6.07) is 7.94. The Morgan fingerprint density at radius 3 is 2.58 bits per heavy atom. The molecule has 0 bridgehead atoms. The number of hydrogen-bond acceptors (Lipinski definition) is 1. The predicted octanol–water partition coefficient (Wildman–Crippen LogP) is 2.54. The molecular weight excluding hydrogens is 170 g/mol. The lowest BCUT2D eigenvalue weighted by Gasteiger charge is -2.05. The van der Waals surface area contributed by atoms with E-state index in [0.717, 1.165) is 11.4 Å². The molecule has 12 heavy (non-hydrogen) atoms. The molecule has 0 radical (unpaired) electrons. The maximum Gasteiger partial charge on any atom is 0.0441 e. The standard InChI is InChI=1S/C10H12ClN/c1-10(12)6-8(10)7-4-2-3-5-9(7)11/h2-5,8H,6,12H2,1H3. The Kier molecular flexibility index (Phi) is 1.67. The van der Waals surface area contributed by atoms with Crippen molar-refractivity contribution < 1.29 is 0 Å². The molecule has 0 aliphatic heterocycles. The maximum absolute atomic E-state index is 6.03. The van der Waals surface area contributed by atoms with Crippen molar-refractivity contribution in [2.45, 2.75) is 24.8 Å². The molecule has 0 spiro atoms. The third kappa shape index (κ3) is 1.23. The van der Waals surface area contributed by atoms with Gasteiger partial charge in [0.05, 0.1) is 0 Å². The van der Waals surface area contributed by atoms with Gasteiger partial charge in [-0.3, -0.25) is 0 Å². The van der Waals surface area contributed by atoms with Crippen LogP contribution in [0.3, 0.4) is 0 Å². The van der Waals surface area contributed by atoms with E-state index in [2.05, 4.69) is 13.0 Å². The number of benzene rings is 1. The second-order valence-corrected chi connectivity index (χ2v) is 4.19. The molecule has 0 aromatic heterocycles. The van der Waals surface area contributed by atoms with Crippen molar-refractivity contribution in [3.8, 4) is 0 Å². The average molecular weight is 182 g/mol. The highest BCUT2D eigenvalue weighted by molar-refractivity contribution is 6.31. The molecule has 1 aliphatic rings. The highest BCUT2D eigenvalue weighted by atomic mass is 35.5. The van der Waals surface area contributed by atoms with Crippen LogP contribution in [0, 0.1) is 0 Å². The van der Waals surface area contributed by atoms with Crippen molar-refractivity contribution in [2.24, 2.45) is 5.73 Å². The fourth-order valence-electron chi connectivity index (χ4n) is 1.60. The van der Waals surface area contributed by atoms with Gasteiger partial charge in [0.15, 0.2) is 0 Å². The Bertz CT molecular complexity index is 306. The van der Waals surface area contributed by atoms with E-state index in [1.54, 1.807) is 0 Å². The first-order valence-corrected chi connectivity index (χ1v) is 4.52. The van der Waals surface area contributed by atoms with E-state index in [1.807, 2.05) is 18.2 Å². The zero-order valence-electron chi connectivity index (χ0n) is 7.05. The third-order valence-electron chi connectivity index (χ3n) is 2.56. The van der Waals surface area contributed by atoms with Crippen LogP contribution in [0.5, 0.6) is 0 Å². The molecule has 1 saturated carbocycles. The second-order valence-electron chi connectivity index (χ2n) is 3.78. The highest BCUT2D eigenvalue weighted by Gasteiger charge is 2.48. The van der Waals surface area contributed by atoms with Gasteiger partial charge in [-0.15, -0.1) is 0 Å². The van der Waals surface area contributed by atoms with Crippen LogP contribution in [-0.4, -0.2) is 5.54 Å². The third-order valence-corrected chi connectivity index (χ3v) is 2.90. The summed E-state index contributed by atoms with van der Waals surface area (Å²) in [5.74, 6) is 0.464. The summed E-state index contributed by atoms with van der Waals surface area (Å²) in [5, 5.41) is 0.844. The minimum absolute atomic E-state index is 0.0228. The zero-order valence-corrected chi connectivity index (χ0v) is 7.81. The van der Waals surface area contributed by atoms with Crippen LogP contribution in [0.2, 0.25) is 5.02 Å². The fourth-order valence-corrected chi connectivity index (χ4v) is 1.87. The van der Waals surface area contributed by atoms with Crippen LogP contribution >= 0.6 is 11.6 Å². The second kappa shape index (κ2) is 2.48. The van der Waals surface area contributed by atoms with Crippen molar-refractivity contribution in [2.75, 3.05) is 0 Å². The van der Waals surface area contributed by atoms with E-state index in [-0.39, 0.29) is 5.54 Å². The van der Waals surface area contributed by atoms with Gasteiger partial charge in [0, 0.05) is 16.5 Å². The first-order chi connectivity index (χ1) is 5.61. The van der Waals surface area contributed by atoms with E-state index in [1.165, 1.54) is 5.56 Å². The number of halogens is 1. The largest absolute Gasteiger partial charge is 0.325 e. The highest BCUT2D eigenvalue weighted by Crippen LogP contribution is 2.50. The monoisotopic (exact) mass is 181 g/mol. The molecule has 0 amide bonds. The molecule has 2 heteroatoms. The van der Waals surface area contributed by atoms with E-state index in [4.69, 9.17) is 17.3 Å². The maximum atomic E-state index is 6.03. The van der Waals surface area contributed by atoms with Gasteiger partial charge in [-0.2, -0.15) is 0 Å². The van der Waals surface area contributed by atoms with Crippen molar-refractivity contribution in [3.05, 3.63) is 34.9 Å². The molecule has 2 rings (SSSR count). The first kappa shape index (κ1) is 8.09. The average Bonchev–Trinajstić information content (AvgIpc) is 2.61. The van der Waals surface area contributed by atoms with Crippen LogP contribution < -0.4 is 5.73 Å². The van der Waals surface area contributed by atoms with Crippen LogP contribution in [0.1, 0.15) is 24.8 Å². The molecule has 1 aliphatic carbocycles. The summed E-state index contributed by atoms with van der Waals surface area (Å²) in [5.41, 5.74) is 7.13. The van der Waals surface area contributed by atoms with Crippen molar-refractivity contribution in [1.82, 2.24) is 0 Å². The summed E-state index contributed by atoms with van der Waals surface area (Å²) in [7, 11) is 0. The lowest BCUT2D eigenvalue weighted by atomic mass is 10.1. The van der Waals surface area contributed by atoms with Crippen LogP contribution in [0.4, 0.5) is 0 Å². The van der Waals surface area contributed by atoms with Crippen LogP contribution in [0.15, 0.2) is 24.3 Å². The lowest BCUT2D eigenvalue weighted by molar-refractivity contribution is 0.728. The summed E-state index contributed by atoms with van der Waals surface area (Å²) in [6.07, 6.45) is 1.05. The summed E-state index contributed by atoms with van der Waals surface area (Å²) < 4.78 is 0. The smallest absolute Gasteiger partial charge is 0.0441 e. The number of hydrogen-bond donors (Lipinski definition) is 1. The quantitative estimate of drug-likeness (QED) is 0.708. The molecule has 2 N–H and O–H groups in total. The topological polar surface area (TPSA) is 26.0 Å². The van der Waals surface area contributed by atoms with Crippen LogP contribution in [0.25, 0.3) is 0 Å². The molecule has 1 aromatic rings. The van der Waals surface area contributed by atoms with Gasteiger partial charge in [-0.25, -0.2) is 0 Å². The van der Waals surface area contributed by atoms with Gasteiger partial charge < -0.3 is 5.73 Å². The van der Waals surface area contributed by atoms with Gasteiger partial charge in [0.2, 0.25) is 0 Å². The molecule has 0 saturated heterocycles. The number of rotatable bonds is 1. The zero-order chi connectivity index (χ0) is 8.77. The summed E-state index contributed by atoms with van der Waals surface area (Å²) >= 11 is 6.03. The fraction of sp³-hybridized carbons (Fsp3) is 0.400. The van der Waals surface area contributed by atoms with E-state index >= 15 is 0 Å². The van der Waals surface area contributed by atoms with Gasteiger partial charge in [-0.1, -0.05) is 29.8 Å². The van der Waals surface area contributed by atoms with E-state index < -0.39 is 0 Å². The molecule has 1 nitrogen and oxygen atoms in total. The molecule has 0 heterocycles. The van der Waals surface area contributed by atoms with Gasteiger partial charge in [0.25, 0.3) is 0 Å². The summed E-state index contributed by atoms with van der Waals surface area (Å²) in [6.45, 7) is 2.07. The molecule has 1 fully saturated rings. The SMILES string of the molecule is CC1(N)CC1c1ccccc1Cl. The van der Waals surface area contributed by atoms with Crippen molar-refractivity contribution in [1.29, 1.82) is 0 Å². The minimum Gasteiger partial charge on any atom is -0.325 e. The minimum atomic E-state index is -0.0228. The van der Waals surface area contributed by atoms with E-state index in [9.17, 15) is 0 Å². The predicted molar refractivity (Wildman–Crippen MR) is 51.4 cm³/mol. The van der Waals surface area contributed by atoms with Crippen LogP contribution in [-0.2, 0) is 0 Å².